The maximum Gasteiger partial charge on any atom is 0.416 e. The molecule has 2 aromatic carbocycles. The largest absolute Gasteiger partial charge is 0.416 e. The predicted molar refractivity (Wildman–Crippen MR) is 139 cm³/mol. The SMILES string of the molecule is NC(=O)C1CCC(n2c(NC3(c4cccc(C(F)(F)F)c4)CC3)nc3cc(N4CCOCC4=O)ccc32)CC1. The van der Waals surface area contributed by atoms with Crippen LogP contribution in [0.25, 0.3) is 11.0 Å². The van der Waals surface area contributed by atoms with Crippen LogP contribution in [0.4, 0.5) is 24.8 Å². The van der Waals surface area contributed by atoms with Crippen LogP contribution in [0.1, 0.15) is 55.7 Å². The van der Waals surface area contributed by atoms with Crippen molar-refractivity contribution in [3.8, 4) is 0 Å². The smallest absolute Gasteiger partial charge is 0.370 e. The fraction of sp³-hybridized carbons (Fsp3) is 0.464. The Morgan fingerprint density at radius 2 is 1.87 bits per heavy atom. The van der Waals surface area contributed by atoms with E-state index in [0.717, 1.165) is 30.1 Å². The van der Waals surface area contributed by atoms with Gasteiger partial charge in [0.2, 0.25) is 11.9 Å². The van der Waals surface area contributed by atoms with Gasteiger partial charge in [-0.05, 0) is 74.4 Å². The standard InChI is InChI=1S/C28H30F3N5O3/c29-28(30,31)19-3-1-2-18(14-19)27(10-11-27)34-26-33-22-15-21(35-12-13-39-16-24(35)37)8-9-23(22)36(26)20-6-4-17(5-7-20)25(32)38/h1-3,8-9,14-15,17,20H,4-7,10-13,16H2,(H2,32,38)(H,33,34). The first-order chi connectivity index (χ1) is 18.6. The molecule has 11 heteroatoms. The number of carbonyl (C=O) groups excluding carboxylic acids is 2. The molecule has 8 nitrogen and oxygen atoms in total. The Hall–Kier alpha value is -3.60. The van der Waals surface area contributed by atoms with Gasteiger partial charge in [0, 0.05) is 24.2 Å². The van der Waals surface area contributed by atoms with Crippen LogP contribution in [0.2, 0.25) is 0 Å². The maximum absolute atomic E-state index is 13.5. The average molecular weight is 542 g/mol. The second-order valence-corrected chi connectivity index (χ2v) is 10.8. The number of imidazole rings is 1. The van der Waals surface area contributed by atoms with Gasteiger partial charge < -0.3 is 25.3 Å². The van der Waals surface area contributed by atoms with Gasteiger partial charge in [-0.1, -0.05) is 12.1 Å². The summed E-state index contributed by atoms with van der Waals surface area (Å²) in [6.45, 7) is 0.932. The molecule has 3 N–H and O–H groups in total. The van der Waals surface area contributed by atoms with Crippen LogP contribution in [0.15, 0.2) is 42.5 Å². The first-order valence-corrected chi connectivity index (χ1v) is 13.3. The lowest BCUT2D eigenvalue weighted by Gasteiger charge is -2.30. The molecule has 0 spiro atoms. The topological polar surface area (TPSA) is 102 Å². The van der Waals surface area contributed by atoms with Crippen molar-refractivity contribution >= 4 is 34.5 Å². The van der Waals surface area contributed by atoms with Crippen molar-refractivity contribution in [2.45, 2.75) is 56.3 Å². The van der Waals surface area contributed by atoms with Gasteiger partial charge in [0.1, 0.15) is 6.61 Å². The number of alkyl halides is 3. The highest BCUT2D eigenvalue weighted by Gasteiger charge is 2.47. The quantitative estimate of drug-likeness (QED) is 0.470. The minimum atomic E-state index is -4.42. The molecule has 1 saturated heterocycles. The fourth-order valence-corrected chi connectivity index (χ4v) is 5.94. The molecule has 3 aromatic rings. The molecule has 0 atom stereocenters. The lowest BCUT2D eigenvalue weighted by molar-refractivity contribution is -0.137. The molecule has 2 amide bonds. The number of primary amides is 1. The minimum Gasteiger partial charge on any atom is -0.370 e. The number of morpholine rings is 1. The number of amides is 2. The van der Waals surface area contributed by atoms with E-state index < -0.39 is 17.3 Å². The minimum absolute atomic E-state index is 0.0297. The van der Waals surface area contributed by atoms with Gasteiger partial charge in [-0.25, -0.2) is 4.98 Å². The third-order valence-electron chi connectivity index (χ3n) is 8.28. The zero-order valence-corrected chi connectivity index (χ0v) is 21.3. The number of rotatable bonds is 6. The summed E-state index contributed by atoms with van der Waals surface area (Å²) >= 11 is 0. The van der Waals surface area contributed by atoms with Gasteiger partial charge >= 0.3 is 6.18 Å². The van der Waals surface area contributed by atoms with Crippen LogP contribution in [0, 0.1) is 5.92 Å². The molecule has 1 aliphatic heterocycles. The molecule has 206 valence electrons. The Kier molecular flexibility index (Phi) is 6.28. The number of carbonyl (C=O) groups is 2. The zero-order valence-electron chi connectivity index (χ0n) is 21.3. The third-order valence-corrected chi connectivity index (χ3v) is 8.28. The summed E-state index contributed by atoms with van der Waals surface area (Å²) in [7, 11) is 0. The van der Waals surface area contributed by atoms with E-state index in [1.165, 1.54) is 12.1 Å². The summed E-state index contributed by atoms with van der Waals surface area (Å²) in [5.41, 5.74) is 7.09. The number of anilines is 2. The number of benzene rings is 2. The summed E-state index contributed by atoms with van der Waals surface area (Å²) in [6, 6.07) is 11.2. The lowest BCUT2D eigenvalue weighted by Crippen LogP contribution is -2.41. The highest BCUT2D eigenvalue weighted by atomic mass is 19.4. The molecule has 2 heterocycles. The number of ether oxygens (including phenoxy) is 1. The van der Waals surface area contributed by atoms with Crippen LogP contribution in [0.3, 0.4) is 0 Å². The lowest BCUT2D eigenvalue weighted by atomic mass is 9.85. The molecule has 0 bridgehead atoms. The van der Waals surface area contributed by atoms with Gasteiger partial charge in [0.25, 0.3) is 5.91 Å². The summed E-state index contributed by atoms with van der Waals surface area (Å²) < 4.78 is 47.7. The van der Waals surface area contributed by atoms with E-state index in [1.807, 2.05) is 18.2 Å². The van der Waals surface area contributed by atoms with Gasteiger partial charge in [-0.15, -0.1) is 0 Å². The van der Waals surface area contributed by atoms with Crippen LogP contribution in [-0.2, 0) is 26.0 Å². The van der Waals surface area contributed by atoms with Crippen molar-refractivity contribution in [2.24, 2.45) is 11.7 Å². The fourth-order valence-electron chi connectivity index (χ4n) is 5.94. The Morgan fingerprint density at radius 1 is 1.10 bits per heavy atom. The molecule has 3 aliphatic rings. The van der Waals surface area contributed by atoms with Crippen molar-refractivity contribution in [2.75, 3.05) is 30.0 Å². The van der Waals surface area contributed by atoms with Crippen LogP contribution in [0.5, 0.6) is 0 Å². The number of fused-ring (bicyclic) bond motifs is 1. The van der Waals surface area contributed by atoms with Gasteiger partial charge in [0.15, 0.2) is 0 Å². The second kappa shape index (κ2) is 9.55. The number of aromatic nitrogens is 2. The summed E-state index contributed by atoms with van der Waals surface area (Å²) in [6.07, 6.45) is -0.275. The Morgan fingerprint density at radius 3 is 2.54 bits per heavy atom. The molecule has 3 fully saturated rings. The first kappa shape index (κ1) is 25.7. The van der Waals surface area contributed by atoms with E-state index in [-0.39, 0.29) is 30.4 Å². The molecule has 39 heavy (non-hydrogen) atoms. The summed E-state index contributed by atoms with van der Waals surface area (Å²) in [5, 5.41) is 3.51. The predicted octanol–water partition coefficient (Wildman–Crippen LogP) is 4.74. The zero-order chi connectivity index (χ0) is 27.4. The number of nitrogens with zero attached hydrogens (tertiary/aromatic N) is 3. The molecular formula is C28H30F3N5O3. The highest BCUT2D eigenvalue weighted by molar-refractivity contribution is 5.97. The number of nitrogens with one attached hydrogen (secondary N) is 1. The van der Waals surface area contributed by atoms with Crippen molar-refractivity contribution in [1.82, 2.24) is 9.55 Å². The highest BCUT2D eigenvalue weighted by Crippen LogP contribution is 2.50. The Bertz CT molecular complexity index is 1420. The summed E-state index contributed by atoms with van der Waals surface area (Å²) in [4.78, 5) is 30.8. The van der Waals surface area contributed by atoms with Gasteiger partial charge in [-0.3, -0.25) is 9.59 Å². The number of hydrogen-bond acceptors (Lipinski definition) is 5. The van der Waals surface area contributed by atoms with E-state index in [2.05, 4.69) is 9.88 Å². The maximum atomic E-state index is 13.5. The Balaban J connectivity index is 1.38. The normalized spacial score (nSPS) is 23.2. The molecule has 2 saturated carbocycles. The molecule has 0 radical (unpaired) electrons. The van der Waals surface area contributed by atoms with E-state index in [4.69, 9.17) is 15.5 Å². The van der Waals surface area contributed by atoms with Gasteiger partial charge in [-0.2, -0.15) is 13.2 Å². The third kappa shape index (κ3) is 4.84. The molecule has 2 aliphatic carbocycles. The molecular weight excluding hydrogens is 511 g/mol. The van der Waals surface area contributed by atoms with Crippen LogP contribution in [-0.4, -0.2) is 41.1 Å². The average Bonchev–Trinajstić information content (AvgIpc) is 3.61. The van der Waals surface area contributed by atoms with Crippen molar-refractivity contribution in [3.05, 3.63) is 53.6 Å². The first-order valence-electron chi connectivity index (χ1n) is 13.3. The van der Waals surface area contributed by atoms with E-state index in [9.17, 15) is 22.8 Å². The van der Waals surface area contributed by atoms with Crippen molar-refractivity contribution in [3.63, 3.8) is 0 Å². The van der Waals surface area contributed by atoms with E-state index in [1.54, 1.807) is 11.0 Å². The number of nitrogens with two attached hydrogens (primary N) is 1. The van der Waals surface area contributed by atoms with Crippen LogP contribution >= 0.6 is 0 Å². The Labute approximate surface area is 223 Å². The van der Waals surface area contributed by atoms with Crippen molar-refractivity contribution < 1.29 is 27.5 Å². The van der Waals surface area contributed by atoms with E-state index in [0.29, 0.717) is 55.9 Å². The van der Waals surface area contributed by atoms with Crippen molar-refractivity contribution in [1.29, 1.82) is 0 Å². The monoisotopic (exact) mass is 541 g/mol. The molecule has 1 aromatic heterocycles. The number of hydrogen-bond donors (Lipinski definition) is 2. The molecule has 6 rings (SSSR count). The molecule has 0 unspecified atom stereocenters. The second-order valence-electron chi connectivity index (χ2n) is 10.8. The summed E-state index contributed by atoms with van der Waals surface area (Å²) in [5.74, 6) is 0.00683. The number of halogens is 3. The van der Waals surface area contributed by atoms with Gasteiger partial charge in [0.05, 0.1) is 28.7 Å². The van der Waals surface area contributed by atoms with Crippen LogP contribution < -0.4 is 16.0 Å². The van der Waals surface area contributed by atoms with E-state index >= 15 is 0 Å².